The highest BCUT2D eigenvalue weighted by atomic mass is 16.4. The molecule has 0 amide bonds. The third-order valence-corrected chi connectivity index (χ3v) is 3.99. The highest BCUT2D eigenvalue weighted by Gasteiger charge is 2.18. The Hall–Kier alpha value is -2.81. The summed E-state index contributed by atoms with van der Waals surface area (Å²) in [4.78, 5) is 11.6. The highest BCUT2D eigenvalue weighted by Crippen LogP contribution is 2.21. The van der Waals surface area contributed by atoms with Gasteiger partial charge in [-0.3, -0.25) is 0 Å². The van der Waals surface area contributed by atoms with Gasteiger partial charge in [0.05, 0.1) is 0 Å². The predicted octanol–water partition coefficient (Wildman–Crippen LogP) is 4.26. The minimum absolute atomic E-state index is 0.435. The van der Waals surface area contributed by atoms with Crippen LogP contribution in [-0.2, 0) is 11.2 Å². The molecule has 3 rings (SSSR count). The van der Waals surface area contributed by atoms with E-state index in [0.717, 1.165) is 27.6 Å². The number of rotatable bonds is 5. The first-order valence-electron chi connectivity index (χ1n) is 7.66. The molecule has 3 heteroatoms. The van der Waals surface area contributed by atoms with E-state index < -0.39 is 12.0 Å². The minimum Gasteiger partial charge on any atom is -0.480 e. The van der Waals surface area contributed by atoms with E-state index in [2.05, 4.69) is 5.32 Å². The molecule has 0 aliphatic heterocycles. The zero-order valence-corrected chi connectivity index (χ0v) is 13.0. The molecule has 1 unspecified atom stereocenters. The fourth-order valence-electron chi connectivity index (χ4n) is 2.74. The van der Waals surface area contributed by atoms with Gasteiger partial charge in [0, 0.05) is 12.1 Å². The van der Waals surface area contributed by atoms with Crippen LogP contribution in [0.4, 0.5) is 5.69 Å². The van der Waals surface area contributed by atoms with Crippen molar-refractivity contribution >= 4 is 22.4 Å². The van der Waals surface area contributed by atoms with Gasteiger partial charge in [0.2, 0.25) is 0 Å². The van der Waals surface area contributed by atoms with E-state index in [0.29, 0.717) is 6.42 Å². The van der Waals surface area contributed by atoms with Crippen molar-refractivity contribution in [2.75, 3.05) is 5.32 Å². The molecule has 0 aliphatic carbocycles. The normalized spacial score (nSPS) is 12.0. The molecule has 0 aliphatic rings. The van der Waals surface area contributed by atoms with Gasteiger partial charge in [0.15, 0.2) is 0 Å². The smallest absolute Gasteiger partial charge is 0.326 e. The molecule has 3 nitrogen and oxygen atoms in total. The molecule has 3 aromatic carbocycles. The lowest BCUT2D eigenvalue weighted by Crippen LogP contribution is -2.31. The summed E-state index contributed by atoms with van der Waals surface area (Å²) in [7, 11) is 0. The molecule has 0 spiro atoms. The van der Waals surface area contributed by atoms with Crippen molar-refractivity contribution in [3.8, 4) is 0 Å². The van der Waals surface area contributed by atoms with E-state index in [1.165, 1.54) is 0 Å². The number of fused-ring (bicyclic) bond motifs is 1. The molecule has 116 valence electrons. The van der Waals surface area contributed by atoms with Crippen molar-refractivity contribution in [3.05, 3.63) is 77.9 Å². The number of hydrogen-bond donors (Lipinski definition) is 2. The van der Waals surface area contributed by atoms with Crippen LogP contribution in [0, 0.1) is 6.92 Å². The highest BCUT2D eigenvalue weighted by molar-refractivity contribution is 5.87. The van der Waals surface area contributed by atoms with Gasteiger partial charge in [-0.25, -0.2) is 4.79 Å². The molecule has 1 atom stereocenters. The van der Waals surface area contributed by atoms with Crippen LogP contribution in [0.3, 0.4) is 0 Å². The van der Waals surface area contributed by atoms with Gasteiger partial charge in [0.25, 0.3) is 0 Å². The number of anilines is 1. The van der Waals surface area contributed by atoms with Crippen molar-refractivity contribution in [1.82, 2.24) is 0 Å². The van der Waals surface area contributed by atoms with Gasteiger partial charge in [-0.05, 0) is 35.4 Å². The van der Waals surface area contributed by atoms with Crippen molar-refractivity contribution < 1.29 is 9.90 Å². The Morgan fingerprint density at radius 2 is 1.70 bits per heavy atom. The van der Waals surface area contributed by atoms with E-state index in [-0.39, 0.29) is 0 Å². The average Bonchev–Trinajstić information content (AvgIpc) is 2.56. The number of benzene rings is 3. The number of carbonyl (C=O) groups is 1. The second kappa shape index (κ2) is 6.53. The molecule has 23 heavy (non-hydrogen) atoms. The summed E-state index contributed by atoms with van der Waals surface area (Å²) in [6.45, 7) is 2.01. The van der Waals surface area contributed by atoms with E-state index in [9.17, 15) is 9.90 Å². The monoisotopic (exact) mass is 305 g/mol. The number of nitrogens with one attached hydrogen (secondary N) is 1. The van der Waals surface area contributed by atoms with Crippen molar-refractivity contribution in [2.24, 2.45) is 0 Å². The Balaban J connectivity index is 1.87. The van der Waals surface area contributed by atoms with Crippen LogP contribution in [0.25, 0.3) is 10.8 Å². The average molecular weight is 305 g/mol. The minimum atomic E-state index is -0.849. The Labute approximate surface area is 135 Å². The SMILES string of the molecule is Cc1ccc(NC(Cc2cccc3ccccc23)C(=O)O)cc1. The molecule has 0 radical (unpaired) electrons. The molecule has 2 N–H and O–H groups in total. The molecular formula is C20H19NO2. The van der Waals surface area contributed by atoms with Crippen LogP contribution >= 0.6 is 0 Å². The van der Waals surface area contributed by atoms with Gasteiger partial charge < -0.3 is 10.4 Å². The van der Waals surface area contributed by atoms with Crippen LogP contribution in [0.5, 0.6) is 0 Å². The summed E-state index contributed by atoms with van der Waals surface area (Å²) in [5.74, 6) is -0.849. The van der Waals surface area contributed by atoms with Crippen LogP contribution in [-0.4, -0.2) is 17.1 Å². The second-order valence-electron chi connectivity index (χ2n) is 5.74. The number of carboxylic acids is 1. The Morgan fingerprint density at radius 3 is 2.43 bits per heavy atom. The fourth-order valence-corrected chi connectivity index (χ4v) is 2.74. The summed E-state index contributed by atoms with van der Waals surface area (Å²) in [6.07, 6.45) is 0.435. The molecule has 3 aromatic rings. The van der Waals surface area contributed by atoms with E-state index in [1.807, 2.05) is 73.7 Å². The standard InChI is InChI=1S/C20H19NO2/c1-14-9-11-17(12-10-14)21-19(20(22)23)13-16-7-4-6-15-5-2-3-8-18(15)16/h2-12,19,21H,13H2,1H3,(H,22,23). The van der Waals surface area contributed by atoms with Crippen molar-refractivity contribution in [2.45, 2.75) is 19.4 Å². The first kappa shape index (κ1) is 15.1. The second-order valence-corrected chi connectivity index (χ2v) is 5.74. The summed E-state index contributed by atoms with van der Waals surface area (Å²) in [5, 5.41) is 14.9. The maximum atomic E-state index is 11.6. The first-order chi connectivity index (χ1) is 11.1. The van der Waals surface area contributed by atoms with Crippen LogP contribution in [0.15, 0.2) is 66.7 Å². The van der Waals surface area contributed by atoms with Crippen LogP contribution < -0.4 is 5.32 Å². The lowest BCUT2D eigenvalue weighted by Gasteiger charge is -2.17. The Morgan fingerprint density at radius 1 is 1.00 bits per heavy atom. The van der Waals surface area contributed by atoms with E-state index >= 15 is 0 Å². The van der Waals surface area contributed by atoms with Crippen LogP contribution in [0.1, 0.15) is 11.1 Å². The maximum Gasteiger partial charge on any atom is 0.326 e. The topological polar surface area (TPSA) is 49.3 Å². The Kier molecular flexibility index (Phi) is 4.29. The molecule has 0 aromatic heterocycles. The molecule has 0 bridgehead atoms. The number of carboxylic acid groups (broad SMARTS) is 1. The van der Waals surface area contributed by atoms with E-state index in [1.54, 1.807) is 0 Å². The number of aliphatic carboxylic acids is 1. The van der Waals surface area contributed by atoms with Crippen LogP contribution in [0.2, 0.25) is 0 Å². The van der Waals surface area contributed by atoms with Gasteiger partial charge in [-0.1, -0.05) is 60.2 Å². The molecule has 0 fully saturated rings. The molecule has 0 saturated heterocycles. The van der Waals surface area contributed by atoms with E-state index in [4.69, 9.17) is 0 Å². The van der Waals surface area contributed by atoms with Gasteiger partial charge in [0.1, 0.15) is 6.04 Å². The molecular weight excluding hydrogens is 286 g/mol. The molecule has 0 saturated carbocycles. The van der Waals surface area contributed by atoms with Gasteiger partial charge >= 0.3 is 5.97 Å². The molecule has 0 heterocycles. The van der Waals surface area contributed by atoms with Crippen molar-refractivity contribution in [3.63, 3.8) is 0 Å². The maximum absolute atomic E-state index is 11.6. The zero-order valence-electron chi connectivity index (χ0n) is 13.0. The number of aryl methyl sites for hydroxylation is 1. The lowest BCUT2D eigenvalue weighted by atomic mass is 9.98. The third-order valence-electron chi connectivity index (χ3n) is 3.99. The Bertz CT molecular complexity index is 819. The zero-order chi connectivity index (χ0) is 16.2. The number of hydrogen-bond acceptors (Lipinski definition) is 2. The summed E-state index contributed by atoms with van der Waals surface area (Å²) in [6, 6.07) is 21.2. The third kappa shape index (κ3) is 3.51. The van der Waals surface area contributed by atoms with Gasteiger partial charge in [-0.15, -0.1) is 0 Å². The fraction of sp³-hybridized carbons (Fsp3) is 0.150. The largest absolute Gasteiger partial charge is 0.480 e. The summed E-state index contributed by atoms with van der Waals surface area (Å²) in [5.41, 5.74) is 3.01. The summed E-state index contributed by atoms with van der Waals surface area (Å²) < 4.78 is 0. The summed E-state index contributed by atoms with van der Waals surface area (Å²) >= 11 is 0. The predicted molar refractivity (Wildman–Crippen MR) is 93.9 cm³/mol. The van der Waals surface area contributed by atoms with Gasteiger partial charge in [-0.2, -0.15) is 0 Å². The van der Waals surface area contributed by atoms with Crippen molar-refractivity contribution in [1.29, 1.82) is 0 Å². The lowest BCUT2D eigenvalue weighted by molar-refractivity contribution is -0.137. The first-order valence-corrected chi connectivity index (χ1v) is 7.66. The quantitative estimate of drug-likeness (QED) is 0.740.